The molecular formula is C21H14N2O5. The summed E-state index contributed by atoms with van der Waals surface area (Å²) in [6.45, 7) is 1.74. The van der Waals surface area contributed by atoms with Gasteiger partial charge in [0.15, 0.2) is 0 Å². The van der Waals surface area contributed by atoms with Crippen LogP contribution in [0.4, 0.5) is 5.69 Å². The molecule has 4 aromatic rings. The number of nitro groups is 1. The summed E-state index contributed by atoms with van der Waals surface area (Å²) in [7, 11) is 0. The van der Waals surface area contributed by atoms with E-state index >= 15 is 0 Å². The zero-order chi connectivity index (χ0) is 19.7. The van der Waals surface area contributed by atoms with E-state index in [1.165, 1.54) is 12.1 Å². The molecule has 2 heterocycles. The van der Waals surface area contributed by atoms with Gasteiger partial charge < -0.3 is 9.15 Å². The summed E-state index contributed by atoms with van der Waals surface area (Å²) in [4.78, 5) is 27.0. The third kappa shape index (κ3) is 3.21. The van der Waals surface area contributed by atoms with Gasteiger partial charge in [0.25, 0.3) is 5.69 Å². The average Bonchev–Trinajstić information content (AvgIpc) is 2.69. The van der Waals surface area contributed by atoms with E-state index in [1.807, 2.05) is 30.3 Å². The van der Waals surface area contributed by atoms with E-state index in [2.05, 4.69) is 4.98 Å². The van der Waals surface area contributed by atoms with Crippen molar-refractivity contribution < 1.29 is 14.1 Å². The van der Waals surface area contributed by atoms with E-state index in [1.54, 1.807) is 25.1 Å². The van der Waals surface area contributed by atoms with Gasteiger partial charge in [-0.2, -0.15) is 0 Å². The Labute approximate surface area is 159 Å². The second kappa shape index (κ2) is 6.96. The normalized spacial score (nSPS) is 10.8. The number of hydrogen-bond acceptors (Lipinski definition) is 6. The van der Waals surface area contributed by atoms with Crippen molar-refractivity contribution in [3.63, 3.8) is 0 Å². The lowest BCUT2D eigenvalue weighted by atomic mass is 10.0. The van der Waals surface area contributed by atoms with Gasteiger partial charge in [-0.15, -0.1) is 0 Å². The molecule has 0 bridgehead atoms. The maximum atomic E-state index is 12.9. The molecule has 0 unspecified atom stereocenters. The van der Waals surface area contributed by atoms with Crippen molar-refractivity contribution in [1.29, 1.82) is 0 Å². The lowest BCUT2D eigenvalue weighted by Crippen LogP contribution is -2.07. The van der Waals surface area contributed by atoms with Crippen molar-refractivity contribution in [3.05, 3.63) is 93.0 Å². The molecule has 0 saturated heterocycles. The van der Waals surface area contributed by atoms with Gasteiger partial charge in [-0.1, -0.05) is 30.3 Å². The van der Waals surface area contributed by atoms with Crippen LogP contribution in [0.5, 0.6) is 11.6 Å². The minimum absolute atomic E-state index is 0.120. The van der Waals surface area contributed by atoms with Gasteiger partial charge in [0.2, 0.25) is 11.3 Å². The number of ether oxygens (including phenoxy) is 1. The topological polar surface area (TPSA) is 95.5 Å². The number of pyridine rings is 1. The van der Waals surface area contributed by atoms with Crippen LogP contribution in [0.3, 0.4) is 0 Å². The molecular weight excluding hydrogens is 360 g/mol. The predicted octanol–water partition coefficient (Wildman–Crippen LogP) is 4.86. The number of rotatable bonds is 4. The first-order chi connectivity index (χ1) is 13.5. The molecule has 0 fully saturated rings. The molecule has 0 atom stereocenters. The predicted molar refractivity (Wildman–Crippen MR) is 104 cm³/mol. The zero-order valence-corrected chi connectivity index (χ0v) is 14.8. The van der Waals surface area contributed by atoms with E-state index in [4.69, 9.17) is 9.15 Å². The summed E-state index contributed by atoms with van der Waals surface area (Å²) in [5.41, 5.74) is 1.47. The molecule has 0 aliphatic rings. The number of aryl methyl sites for hydroxylation is 1. The summed E-state index contributed by atoms with van der Waals surface area (Å²) < 4.78 is 11.5. The van der Waals surface area contributed by atoms with Gasteiger partial charge >= 0.3 is 0 Å². The van der Waals surface area contributed by atoms with Gasteiger partial charge in [-0.25, -0.2) is 4.98 Å². The van der Waals surface area contributed by atoms with E-state index in [-0.39, 0.29) is 17.0 Å². The fraction of sp³-hybridized carbons (Fsp3) is 0.0476. The van der Waals surface area contributed by atoms with Gasteiger partial charge in [-0.05, 0) is 24.6 Å². The Morgan fingerprint density at radius 3 is 2.54 bits per heavy atom. The third-order valence-corrected chi connectivity index (χ3v) is 4.26. The summed E-state index contributed by atoms with van der Waals surface area (Å²) in [6.07, 6.45) is 1.12. The van der Waals surface area contributed by atoms with Crippen LogP contribution in [0, 0.1) is 17.0 Å². The number of fused-ring (bicyclic) bond motifs is 1. The maximum Gasteiger partial charge on any atom is 0.287 e. The SMILES string of the molecule is Cc1oc2cc(Oc3ccc([N+](=O)[O-])cn3)ccc2c(=O)c1-c1ccccc1. The van der Waals surface area contributed by atoms with Gasteiger partial charge in [0.1, 0.15) is 23.3 Å². The Morgan fingerprint density at radius 2 is 1.86 bits per heavy atom. The molecule has 138 valence electrons. The Morgan fingerprint density at radius 1 is 1.07 bits per heavy atom. The first-order valence-corrected chi connectivity index (χ1v) is 8.44. The highest BCUT2D eigenvalue weighted by atomic mass is 16.6. The van der Waals surface area contributed by atoms with Crippen molar-refractivity contribution in [2.75, 3.05) is 0 Å². The van der Waals surface area contributed by atoms with Crippen LogP contribution < -0.4 is 10.2 Å². The maximum absolute atomic E-state index is 12.9. The molecule has 28 heavy (non-hydrogen) atoms. The highest BCUT2D eigenvalue weighted by Gasteiger charge is 2.14. The van der Waals surface area contributed by atoms with Crippen LogP contribution in [0.25, 0.3) is 22.1 Å². The average molecular weight is 374 g/mol. The van der Waals surface area contributed by atoms with Gasteiger partial charge in [0.05, 0.1) is 15.9 Å². The highest BCUT2D eigenvalue weighted by molar-refractivity contribution is 5.83. The number of benzene rings is 2. The Hall–Kier alpha value is -4.00. The molecule has 7 heteroatoms. The van der Waals surface area contributed by atoms with Crippen LogP contribution in [0.15, 0.2) is 76.1 Å². The van der Waals surface area contributed by atoms with Crippen molar-refractivity contribution in [3.8, 4) is 22.8 Å². The van der Waals surface area contributed by atoms with Crippen molar-refractivity contribution in [1.82, 2.24) is 4.98 Å². The molecule has 0 aliphatic heterocycles. The number of aromatic nitrogens is 1. The second-order valence-electron chi connectivity index (χ2n) is 6.10. The molecule has 0 saturated carbocycles. The molecule has 0 aliphatic carbocycles. The van der Waals surface area contributed by atoms with E-state index < -0.39 is 4.92 Å². The lowest BCUT2D eigenvalue weighted by Gasteiger charge is -2.09. The summed E-state index contributed by atoms with van der Waals surface area (Å²) in [5.74, 6) is 1.11. The fourth-order valence-corrected chi connectivity index (χ4v) is 2.95. The van der Waals surface area contributed by atoms with Crippen molar-refractivity contribution >= 4 is 16.7 Å². The van der Waals surface area contributed by atoms with E-state index in [9.17, 15) is 14.9 Å². The molecule has 4 rings (SSSR count). The van der Waals surface area contributed by atoms with Crippen LogP contribution in [-0.2, 0) is 0 Å². The summed E-state index contributed by atoms with van der Waals surface area (Å²) in [5, 5.41) is 11.1. The van der Waals surface area contributed by atoms with E-state index in [0.29, 0.717) is 28.0 Å². The van der Waals surface area contributed by atoms with Crippen LogP contribution in [0.2, 0.25) is 0 Å². The molecule has 0 radical (unpaired) electrons. The Bertz CT molecular complexity index is 1230. The first-order valence-electron chi connectivity index (χ1n) is 8.44. The van der Waals surface area contributed by atoms with Crippen LogP contribution in [-0.4, -0.2) is 9.91 Å². The highest BCUT2D eigenvalue weighted by Crippen LogP contribution is 2.28. The molecule has 0 N–H and O–H groups in total. The Kier molecular flexibility index (Phi) is 4.33. The van der Waals surface area contributed by atoms with Gasteiger partial charge in [-0.3, -0.25) is 14.9 Å². The quantitative estimate of drug-likeness (QED) is 0.374. The van der Waals surface area contributed by atoms with Crippen LogP contribution in [0.1, 0.15) is 5.76 Å². The zero-order valence-electron chi connectivity index (χ0n) is 14.8. The molecule has 2 aromatic carbocycles. The monoisotopic (exact) mass is 374 g/mol. The molecule has 7 nitrogen and oxygen atoms in total. The van der Waals surface area contributed by atoms with E-state index in [0.717, 1.165) is 11.8 Å². The third-order valence-electron chi connectivity index (χ3n) is 4.26. The first kappa shape index (κ1) is 17.4. The lowest BCUT2D eigenvalue weighted by molar-refractivity contribution is -0.385. The molecule has 0 spiro atoms. The Balaban J connectivity index is 1.72. The largest absolute Gasteiger partial charge is 0.460 e. The number of nitrogens with zero attached hydrogens (tertiary/aromatic N) is 2. The molecule has 0 amide bonds. The van der Waals surface area contributed by atoms with Gasteiger partial charge in [0, 0.05) is 18.2 Å². The standard InChI is InChI=1S/C21H14N2O5/c1-13-20(14-5-3-2-4-6-14)21(24)17-9-8-16(11-18(17)27-13)28-19-10-7-15(12-22-19)23(25)26/h2-12H,1H3. The number of hydrogen-bond donors (Lipinski definition) is 0. The summed E-state index contributed by atoms with van der Waals surface area (Å²) >= 11 is 0. The minimum Gasteiger partial charge on any atom is -0.460 e. The second-order valence-corrected chi connectivity index (χ2v) is 6.10. The van der Waals surface area contributed by atoms with Crippen molar-refractivity contribution in [2.24, 2.45) is 0 Å². The minimum atomic E-state index is -0.533. The summed E-state index contributed by atoms with van der Waals surface area (Å²) in [6, 6.07) is 16.9. The smallest absolute Gasteiger partial charge is 0.287 e. The fourth-order valence-electron chi connectivity index (χ4n) is 2.95. The van der Waals surface area contributed by atoms with Crippen LogP contribution >= 0.6 is 0 Å². The van der Waals surface area contributed by atoms with Crippen molar-refractivity contribution in [2.45, 2.75) is 6.92 Å². The molecule has 2 aromatic heterocycles.